The molecule has 1 aromatic heterocycles. The van der Waals surface area contributed by atoms with Crippen LogP contribution in [0, 0.1) is 17.5 Å². The molecule has 0 unspecified atom stereocenters. The molecule has 0 bridgehead atoms. The lowest BCUT2D eigenvalue weighted by Crippen LogP contribution is -2.25. The average Bonchev–Trinajstić information content (AvgIpc) is 2.92. The Hall–Kier alpha value is -4.76. The third-order valence-electron chi connectivity index (χ3n) is 6.27. The molecule has 0 amide bonds. The lowest BCUT2D eigenvalue weighted by molar-refractivity contribution is 0.295. The van der Waals surface area contributed by atoms with Crippen molar-refractivity contribution in [3.63, 3.8) is 0 Å². The first-order chi connectivity index (χ1) is 19.2. The molecule has 0 aliphatic heterocycles. The van der Waals surface area contributed by atoms with Crippen LogP contribution in [0.25, 0.3) is 11.3 Å². The standard InChI is InChI=1S/C31H28F3N3O3/c1-19(21-9-11-23(32)12-10-21)25-13-14-28(39)37(31(25)35)30-26(33)17-24(18-27(30)34)40-16-6-15-36-29(20(2)38)22-7-4-3-5-8-22/h3-5,7-14,17-18,29,36,38H,1-2,6,15-16,35H2/t29-/m1/s1. The summed E-state index contributed by atoms with van der Waals surface area (Å²) in [7, 11) is 0. The van der Waals surface area contributed by atoms with Gasteiger partial charge in [0.15, 0.2) is 11.6 Å². The molecule has 0 aliphatic carbocycles. The molecule has 0 saturated carbocycles. The van der Waals surface area contributed by atoms with E-state index in [9.17, 15) is 14.3 Å². The summed E-state index contributed by atoms with van der Waals surface area (Å²) in [5.41, 5.74) is 6.77. The highest BCUT2D eigenvalue weighted by Gasteiger charge is 2.20. The van der Waals surface area contributed by atoms with Crippen molar-refractivity contribution in [2.75, 3.05) is 18.9 Å². The zero-order valence-electron chi connectivity index (χ0n) is 21.5. The molecular formula is C31H28F3N3O3. The van der Waals surface area contributed by atoms with Crippen LogP contribution in [0.5, 0.6) is 5.75 Å². The maximum atomic E-state index is 15.2. The molecule has 0 radical (unpaired) electrons. The molecule has 0 aliphatic rings. The fourth-order valence-corrected chi connectivity index (χ4v) is 4.27. The number of nitrogens with two attached hydrogens (primary N) is 1. The van der Waals surface area contributed by atoms with Gasteiger partial charge in [0, 0.05) is 23.8 Å². The zero-order valence-corrected chi connectivity index (χ0v) is 21.5. The van der Waals surface area contributed by atoms with Crippen LogP contribution in [0.1, 0.15) is 29.2 Å². The minimum Gasteiger partial charge on any atom is -0.511 e. The number of hydrogen-bond donors (Lipinski definition) is 3. The first-order valence-electron chi connectivity index (χ1n) is 12.4. The zero-order chi connectivity index (χ0) is 28.8. The number of nitrogens with one attached hydrogen (secondary N) is 1. The average molecular weight is 548 g/mol. The summed E-state index contributed by atoms with van der Waals surface area (Å²) < 4.78 is 49.9. The summed E-state index contributed by atoms with van der Waals surface area (Å²) in [4.78, 5) is 12.6. The number of benzene rings is 3. The second-order valence-electron chi connectivity index (χ2n) is 9.02. The van der Waals surface area contributed by atoms with Gasteiger partial charge in [-0.25, -0.2) is 13.2 Å². The third kappa shape index (κ3) is 6.27. The minimum absolute atomic E-state index is 0.0355. The molecule has 0 spiro atoms. The van der Waals surface area contributed by atoms with E-state index in [1.165, 1.54) is 30.3 Å². The molecule has 1 heterocycles. The van der Waals surface area contributed by atoms with Crippen molar-refractivity contribution in [1.29, 1.82) is 0 Å². The fourth-order valence-electron chi connectivity index (χ4n) is 4.27. The van der Waals surface area contributed by atoms with E-state index in [0.29, 0.717) is 24.1 Å². The quantitative estimate of drug-likeness (QED) is 0.157. The molecule has 9 heteroatoms. The number of pyridine rings is 1. The van der Waals surface area contributed by atoms with Crippen LogP contribution in [0.4, 0.5) is 19.0 Å². The van der Waals surface area contributed by atoms with Gasteiger partial charge in [0.1, 0.15) is 28.8 Å². The SMILES string of the molecule is C=C(c1ccc(F)cc1)c1ccc(=O)n(-c2c(F)cc(OCCCN[C@H](C(=C)O)c3ccccc3)cc2F)c1N. The number of aromatic nitrogens is 1. The highest BCUT2D eigenvalue weighted by molar-refractivity contribution is 5.83. The van der Waals surface area contributed by atoms with Crippen molar-refractivity contribution in [3.05, 3.63) is 142 Å². The van der Waals surface area contributed by atoms with E-state index in [1.54, 1.807) is 0 Å². The van der Waals surface area contributed by atoms with Crippen molar-refractivity contribution in [3.8, 4) is 11.4 Å². The third-order valence-corrected chi connectivity index (χ3v) is 6.27. The Kier molecular flexibility index (Phi) is 8.76. The molecule has 3 aromatic carbocycles. The van der Waals surface area contributed by atoms with Crippen LogP contribution in [0.15, 0.2) is 103 Å². The molecule has 1 atom stereocenters. The monoisotopic (exact) mass is 547 g/mol. The van der Waals surface area contributed by atoms with Gasteiger partial charge in [0.25, 0.3) is 5.56 Å². The van der Waals surface area contributed by atoms with Crippen LogP contribution in [-0.4, -0.2) is 22.8 Å². The van der Waals surface area contributed by atoms with Crippen LogP contribution in [-0.2, 0) is 0 Å². The predicted octanol–water partition coefficient (Wildman–Crippen LogP) is 6.07. The number of aliphatic hydroxyl groups is 1. The van der Waals surface area contributed by atoms with E-state index >= 15 is 8.78 Å². The van der Waals surface area contributed by atoms with E-state index < -0.39 is 34.7 Å². The van der Waals surface area contributed by atoms with Gasteiger partial charge in [-0.1, -0.05) is 55.6 Å². The van der Waals surface area contributed by atoms with Crippen molar-refractivity contribution in [2.24, 2.45) is 0 Å². The Bertz CT molecular complexity index is 1560. The second kappa shape index (κ2) is 12.4. The summed E-state index contributed by atoms with van der Waals surface area (Å²) in [6, 6.07) is 18.7. The van der Waals surface area contributed by atoms with Crippen molar-refractivity contribution in [2.45, 2.75) is 12.5 Å². The van der Waals surface area contributed by atoms with Gasteiger partial charge in [-0.05, 0) is 47.9 Å². The number of nitrogen functional groups attached to an aromatic ring is 1. The smallest absolute Gasteiger partial charge is 0.256 e. The van der Waals surface area contributed by atoms with Gasteiger partial charge < -0.3 is 20.9 Å². The van der Waals surface area contributed by atoms with Crippen LogP contribution >= 0.6 is 0 Å². The number of anilines is 1. The van der Waals surface area contributed by atoms with E-state index in [1.807, 2.05) is 30.3 Å². The Morgan fingerprint density at radius 1 is 0.975 bits per heavy atom. The maximum absolute atomic E-state index is 15.2. The highest BCUT2D eigenvalue weighted by atomic mass is 19.1. The second-order valence-corrected chi connectivity index (χ2v) is 9.02. The normalized spacial score (nSPS) is 11.7. The first kappa shape index (κ1) is 28.3. The molecule has 4 rings (SSSR count). The van der Waals surface area contributed by atoms with Gasteiger partial charge in [-0.2, -0.15) is 0 Å². The highest BCUT2D eigenvalue weighted by Crippen LogP contribution is 2.30. The molecule has 4 aromatic rings. The van der Waals surface area contributed by atoms with Crippen molar-refractivity contribution >= 4 is 11.4 Å². The van der Waals surface area contributed by atoms with Gasteiger partial charge >= 0.3 is 0 Å². The number of halogens is 3. The summed E-state index contributed by atoms with van der Waals surface area (Å²) in [6.07, 6.45) is 0.460. The van der Waals surface area contributed by atoms with Crippen molar-refractivity contribution in [1.82, 2.24) is 9.88 Å². The number of nitrogens with zero attached hydrogens (tertiary/aromatic N) is 1. The molecule has 206 valence electrons. The Morgan fingerprint density at radius 2 is 1.62 bits per heavy atom. The lowest BCUT2D eigenvalue weighted by atomic mass is 10.00. The van der Waals surface area contributed by atoms with Gasteiger partial charge in [-0.3, -0.25) is 9.36 Å². The number of ether oxygens (including phenoxy) is 1. The Morgan fingerprint density at radius 3 is 2.25 bits per heavy atom. The summed E-state index contributed by atoms with van der Waals surface area (Å²) in [5.74, 6) is -2.86. The summed E-state index contributed by atoms with van der Waals surface area (Å²) in [6.45, 7) is 8.10. The predicted molar refractivity (Wildman–Crippen MR) is 150 cm³/mol. The first-order valence-corrected chi connectivity index (χ1v) is 12.4. The molecular weight excluding hydrogens is 519 g/mol. The van der Waals surface area contributed by atoms with E-state index in [-0.39, 0.29) is 29.5 Å². The summed E-state index contributed by atoms with van der Waals surface area (Å²) >= 11 is 0. The maximum Gasteiger partial charge on any atom is 0.256 e. The van der Waals surface area contributed by atoms with Crippen LogP contribution in [0.2, 0.25) is 0 Å². The number of rotatable bonds is 11. The molecule has 0 saturated heterocycles. The van der Waals surface area contributed by atoms with Crippen LogP contribution in [0.3, 0.4) is 0 Å². The van der Waals surface area contributed by atoms with Gasteiger partial charge in [0.2, 0.25) is 0 Å². The molecule has 40 heavy (non-hydrogen) atoms. The van der Waals surface area contributed by atoms with E-state index in [0.717, 1.165) is 28.3 Å². The van der Waals surface area contributed by atoms with Crippen molar-refractivity contribution < 1.29 is 23.0 Å². The fraction of sp³-hybridized carbons (Fsp3) is 0.129. The Balaban J connectivity index is 1.47. The summed E-state index contributed by atoms with van der Waals surface area (Å²) in [5, 5.41) is 13.1. The van der Waals surface area contributed by atoms with E-state index in [4.69, 9.17) is 10.5 Å². The Labute approximate surface area is 229 Å². The largest absolute Gasteiger partial charge is 0.511 e. The van der Waals surface area contributed by atoms with Crippen LogP contribution < -0.4 is 21.3 Å². The van der Waals surface area contributed by atoms with E-state index in [2.05, 4.69) is 18.5 Å². The topological polar surface area (TPSA) is 89.5 Å². The number of aliphatic hydroxyl groups excluding tert-OH is 1. The van der Waals surface area contributed by atoms with Gasteiger partial charge in [-0.15, -0.1) is 0 Å². The molecule has 4 N–H and O–H groups in total. The van der Waals surface area contributed by atoms with Gasteiger partial charge in [0.05, 0.1) is 12.6 Å². The molecule has 6 nitrogen and oxygen atoms in total. The lowest BCUT2D eigenvalue weighted by Gasteiger charge is -2.18. The molecule has 0 fully saturated rings. The minimum atomic E-state index is -1.05. The number of hydrogen-bond acceptors (Lipinski definition) is 5.